The fourth-order valence-corrected chi connectivity index (χ4v) is 2.79. The summed E-state index contributed by atoms with van der Waals surface area (Å²) in [4.78, 5) is 0. The molecule has 0 radical (unpaired) electrons. The smallest absolute Gasteiger partial charge is 0.119 e. The molecule has 0 fully saturated rings. The van der Waals surface area contributed by atoms with Gasteiger partial charge in [0, 0.05) is 6.54 Å². The number of aromatic nitrogens is 1. The summed E-state index contributed by atoms with van der Waals surface area (Å²) in [5, 5.41) is 0. The van der Waals surface area contributed by atoms with Gasteiger partial charge < -0.3 is 13.5 Å². The lowest BCUT2D eigenvalue weighted by Gasteiger charge is -2.27. The predicted octanol–water partition coefficient (Wildman–Crippen LogP) is 3.48. The highest BCUT2D eigenvalue weighted by Crippen LogP contribution is 2.17. The minimum Gasteiger partial charge on any atom is -0.339 e. The molecule has 122 valence electrons. The number of unbranched alkanes of at least 4 members (excludes halogenated alkanes) is 3. The van der Waals surface area contributed by atoms with Crippen molar-refractivity contribution in [1.82, 2.24) is 4.57 Å². The minimum atomic E-state index is 0.989. The highest BCUT2D eigenvalue weighted by atomic mass is 15.3. The molecular weight excluding hydrogens is 258 g/mol. The van der Waals surface area contributed by atoms with E-state index in [1.807, 2.05) is 0 Å². The first-order chi connectivity index (χ1) is 9.62. The van der Waals surface area contributed by atoms with Crippen LogP contribution in [0.5, 0.6) is 0 Å². The Morgan fingerprint density at radius 1 is 0.762 bits per heavy atom. The monoisotopic (exact) mass is 295 g/mol. The van der Waals surface area contributed by atoms with Crippen LogP contribution in [0.25, 0.3) is 0 Å². The second-order valence-electron chi connectivity index (χ2n) is 8.43. The van der Waals surface area contributed by atoms with Gasteiger partial charge in [-0.1, -0.05) is 26.2 Å². The first-order valence-electron chi connectivity index (χ1n) is 8.40. The molecule has 0 saturated carbocycles. The van der Waals surface area contributed by atoms with E-state index < -0.39 is 0 Å². The summed E-state index contributed by atoms with van der Waals surface area (Å²) in [7, 11) is 13.6. The van der Waals surface area contributed by atoms with Crippen molar-refractivity contribution >= 4 is 0 Å². The summed E-state index contributed by atoms with van der Waals surface area (Å²) >= 11 is 0. The molecule has 0 atom stereocenters. The molecule has 1 aromatic rings. The molecule has 0 aliphatic rings. The third kappa shape index (κ3) is 7.14. The van der Waals surface area contributed by atoms with Gasteiger partial charge in [0.15, 0.2) is 0 Å². The van der Waals surface area contributed by atoms with Crippen LogP contribution in [0.1, 0.15) is 44.0 Å². The van der Waals surface area contributed by atoms with Crippen LogP contribution in [0, 0.1) is 0 Å². The molecule has 0 N–H and O–H groups in total. The lowest BCUT2D eigenvalue weighted by atomic mass is 10.2. The molecule has 0 aromatic carbocycles. The Morgan fingerprint density at radius 2 is 1.24 bits per heavy atom. The van der Waals surface area contributed by atoms with Crippen molar-refractivity contribution in [2.75, 3.05) is 42.3 Å². The number of rotatable bonds is 9. The van der Waals surface area contributed by atoms with E-state index >= 15 is 0 Å². The summed E-state index contributed by atoms with van der Waals surface area (Å²) in [6, 6.07) is 4.68. The van der Waals surface area contributed by atoms with Crippen LogP contribution in [-0.4, -0.2) is 55.8 Å². The van der Waals surface area contributed by atoms with Crippen molar-refractivity contribution in [3.8, 4) is 0 Å². The average Bonchev–Trinajstić information content (AvgIpc) is 2.63. The number of quaternary nitrogens is 2. The molecule has 0 aliphatic heterocycles. The fraction of sp³-hybridized carbons (Fsp3) is 0.778. The van der Waals surface area contributed by atoms with Crippen molar-refractivity contribution in [3.63, 3.8) is 0 Å². The van der Waals surface area contributed by atoms with Gasteiger partial charge in [0.05, 0.1) is 53.7 Å². The van der Waals surface area contributed by atoms with Gasteiger partial charge in [0.2, 0.25) is 0 Å². The SMILES string of the molecule is CCCCCCn1c(C[N+](C)(C)C)ccc1C[N+](C)(C)C. The van der Waals surface area contributed by atoms with Gasteiger partial charge in [0.1, 0.15) is 13.1 Å². The van der Waals surface area contributed by atoms with E-state index in [-0.39, 0.29) is 0 Å². The van der Waals surface area contributed by atoms with E-state index in [0.29, 0.717) is 0 Å². The van der Waals surface area contributed by atoms with Gasteiger partial charge in [-0.05, 0) is 18.6 Å². The molecule has 1 aromatic heterocycles. The van der Waals surface area contributed by atoms with E-state index in [9.17, 15) is 0 Å². The van der Waals surface area contributed by atoms with Gasteiger partial charge in [-0.3, -0.25) is 0 Å². The second-order valence-corrected chi connectivity index (χ2v) is 8.43. The van der Waals surface area contributed by atoms with Crippen LogP contribution in [0.3, 0.4) is 0 Å². The molecule has 21 heavy (non-hydrogen) atoms. The molecular formula is C18H37N3+2. The van der Waals surface area contributed by atoms with E-state index in [0.717, 1.165) is 22.1 Å². The zero-order chi connectivity index (χ0) is 16.1. The number of nitrogens with zero attached hydrogens (tertiary/aromatic N) is 3. The van der Waals surface area contributed by atoms with Crippen molar-refractivity contribution in [3.05, 3.63) is 23.5 Å². The van der Waals surface area contributed by atoms with Crippen LogP contribution in [0.15, 0.2) is 12.1 Å². The van der Waals surface area contributed by atoms with Crippen LogP contribution in [0.4, 0.5) is 0 Å². The Bertz CT molecular complexity index is 385. The molecule has 0 spiro atoms. The summed E-state index contributed by atoms with van der Waals surface area (Å²) < 4.78 is 4.56. The maximum Gasteiger partial charge on any atom is 0.119 e. The van der Waals surface area contributed by atoms with Gasteiger partial charge in [-0.15, -0.1) is 0 Å². The van der Waals surface area contributed by atoms with Crippen molar-refractivity contribution in [2.24, 2.45) is 0 Å². The maximum atomic E-state index is 2.59. The van der Waals surface area contributed by atoms with Crippen LogP contribution in [-0.2, 0) is 19.6 Å². The van der Waals surface area contributed by atoms with Crippen molar-refractivity contribution < 1.29 is 8.97 Å². The zero-order valence-electron chi connectivity index (χ0n) is 15.4. The Balaban J connectivity index is 2.87. The maximum absolute atomic E-state index is 2.59. The van der Waals surface area contributed by atoms with Crippen LogP contribution in [0.2, 0.25) is 0 Å². The first-order valence-corrected chi connectivity index (χ1v) is 8.40. The van der Waals surface area contributed by atoms with E-state index in [1.165, 1.54) is 43.6 Å². The summed E-state index contributed by atoms with van der Waals surface area (Å²) in [6.45, 7) is 5.66. The first kappa shape index (κ1) is 18.2. The van der Waals surface area contributed by atoms with Gasteiger partial charge in [-0.2, -0.15) is 0 Å². The van der Waals surface area contributed by atoms with E-state index in [2.05, 4.69) is 65.9 Å². The fourth-order valence-electron chi connectivity index (χ4n) is 2.79. The predicted molar refractivity (Wildman–Crippen MR) is 92.0 cm³/mol. The minimum absolute atomic E-state index is 0.989. The Morgan fingerprint density at radius 3 is 1.62 bits per heavy atom. The quantitative estimate of drug-likeness (QED) is 0.485. The third-order valence-electron chi connectivity index (χ3n) is 3.67. The largest absolute Gasteiger partial charge is 0.339 e. The molecule has 3 nitrogen and oxygen atoms in total. The third-order valence-corrected chi connectivity index (χ3v) is 3.67. The van der Waals surface area contributed by atoms with Gasteiger partial charge in [0.25, 0.3) is 0 Å². The molecule has 1 rings (SSSR count). The molecule has 0 unspecified atom stereocenters. The average molecular weight is 296 g/mol. The number of hydrogen-bond acceptors (Lipinski definition) is 0. The molecule has 0 bridgehead atoms. The summed E-state index contributed by atoms with van der Waals surface area (Å²) in [6.07, 6.45) is 5.32. The standard InChI is InChI=1S/C18H37N3/c1-8-9-10-11-14-19-17(15-20(2,3)4)12-13-18(19)16-21(5,6)7/h12-13H,8-11,14-16H2,1-7H3/q+2. The van der Waals surface area contributed by atoms with Crippen LogP contribution >= 0.6 is 0 Å². The zero-order valence-corrected chi connectivity index (χ0v) is 15.4. The Kier molecular flexibility index (Phi) is 6.48. The van der Waals surface area contributed by atoms with Crippen LogP contribution < -0.4 is 0 Å². The van der Waals surface area contributed by atoms with Gasteiger partial charge >= 0.3 is 0 Å². The van der Waals surface area contributed by atoms with Crippen molar-refractivity contribution in [2.45, 2.75) is 52.2 Å². The molecule has 0 amide bonds. The molecule has 1 heterocycles. The van der Waals surface area contributed by atoms with E-state index in [1.54, 1.807) is 0 Å². The van der Waals surface area contributed by atoms with E-state index in [4.69, 9.17) is 0 Å². The lowest BCUT2D eigenvalue weighted by molar-refractivity contribution is -0.885. The molecule has 3 heteroatoms. The lowest BCUT2D eigenvalue weighted by Crippen LogP contribution is -2.36. The van der Waals surface area contributed by atoms with Gasteiger partial charge in [-0.25, -0.2) is 0 Å². The summed E-state index contributed by atoms with van der Waals surface area (Å²) in [5.74, 6) is 0. The Labute approximate surface area is 132 Å². The summed E-state index contributed by atoms with van der Waals surface area (Å²) in [5.41, 5.74) is 2.98. The highest BCUT2D eigenvalue weighted by molar-refractivity contribution is 5.15. The highest BCUT2D eigenvalue weighted by Gasteiger charge is 2.18. The topological polar surface area (TPSA) is 4.93 Å². The molecule has 0 saturated heterocycles. The Hall–Kier alpha value is -0.800. The van der Waals surface area contributed by atoms with Crippen molar-refractivity contribution in [1.29, 1.82) is 0 Å². The second kappa shape index (κ2) is 7.46. The molecule has 0 aliphatic carbocycles. The normalized spacial score (nSPS) is 12.9. The number of hydrogen-bond donors (Lipinski definition) is 0.